The summed E-state index contributed by atoms with van der Waals surface area (Å²) in [7, 11) is 0. The van der Waals surface area contributed by atoms with E-state index >= 15 is 0 Å². The first-order valence-corrected chi connectivity index (χ1v) is 6.08. The number of nitriles is 1. The van der Waals surface area contributed by atoms with Crippen LogP contribution in [0.1, 0.15) is 30.5 Å². The zero-order valence-electron chi connectivity index (χ0n) is 10.1. The van der Waals surface area contributed by atoms with Gasteiger partial charge in [0.25, 0.3) is 0 Å². The molecule has 0 saturated carbocycles. The predicted octanol–water partition coefficient (Wildman–Crippen LogP) is 2.11. The van der Waals surface area contributed by atoms with E-state index < -0.39 is 0 Å². The van der Waals surface area contributed by atoms with Crippen molar-refractivity contribution in [3.05, 3.63) is 27.7 Å². The van der Waals surface area contributed by atoms with Crippen LogP contribution in [0.2, 0.25) is 0 Å². The van der Waals surface area contributed by atoms with Crippen molar-refractivity contribution in [3.63, 3.8) is 0 Å². The Bertz CT molecular complexity index is 735. The molecule has 0 atom stereocenters. The van der Waals surface area contributed by atoms with E-state index in [1.54, 1.807) is 10.8 Å². The second-order valence-corrected chi connectivity index (χ2v) is 5.41. The molecule has 2 aromatic heterocycles. The second kappa shape index (κ2) is 3.64. The van der Waals surface area contributed by atoms with Crippen LogP contribution in [0.15, 0.2) is 6.33 Å². The van der Waals surface area contributed by atoms with E-state index in [4.69, 9.17) is 17.0 Å². The lowest BCUT2D eigenvalue weighted by Gasteiger charge is -2.32. The van der Waals surface area contributed by atoms with Crippen molar-refractivity contribution in [2.24, 2.45) is 0 Å². The molecule has 0 amide bonds. The SMILES string of the molecule is CC1(C)Cc2c(c(=S)n3[nH]cnc3c2C#N)CO1. The number of ether oxygens (including phenoxy) is 1. The fourth-order valence-corrected chi connectivity index (χ4v) is 2.67. The molecule has 0 saturated heterocycles. The number of rotatable bonds is 0. The third kappa shape index (κ3) is 1.48. The van der Waals surface area contributed by atoms with Crippen molar-refractivity contribution in [2.75, 3.05) is 0 Å². The van der Waals surface area contributed by atoms with Crippen molar-refractivity contribution in [1.82, 2.24) is 14.6 Å². The van der Waals surface area contributed by atoms with E-state index in [0.29, 0.717) is 28.9 Å². The first-order valence-electron chi connectivity index (χ1n) is 5.67. The van der Waals surface area contributed by atoms with E-state index in [9.17, 15) is 5.26 Å². The number of pyridine rings is 1. The summed E-state index contributed by atoms with van der Waals surface area (Å²) < 4.78 is 8.08. The monoisotopic (exact) mass is 260 g/mol. The first kappa shape index (κ1) is 11.4. The van der Waals surface area contributed by atoms with Crippen LogP contribution >= 0.6 is 12.2 Å². The van der Waals surface area contributed by atoms with Gasteiger partial charge < -0.3 is 4.74 Å². The highest BCUT2D eigenvalue weighted by Crippen LogP contribution is 2.31. The lowest BCUT2D eigenvalue weighted by Crippen LogP contribution is -2.33. The average Bonchev–Trinajstić information content (AvgIpc) is 2.77. The van der Waals surface area contributed by atoms with Gasteiger partial charge in [0, 0.05) is 12.0 Å². The molecule has 5 nitrogen and oxygen atoms in total. The summed E-state index contributed by atoms with van der Waals surface area (Å²) in [5.41, 5.74) is 2.82. The van der Waals surface area contributed by atoms with Gasteiger partial charge in [0.05, 0.1) is 12.2 Å². The number of nitrogens with zero attached hydrogens (tertiary/aromatic N) is 3. The molecule has 92 valence electrons. The summed E-state index contributed by atoms with van der Waals surface area (Å²) in [6.07, 6.45) is 2.22. The molecule has 1 N–H and O–H groups in total. The minimum atomic E-state index is -0.269. The number of hydrogen-bond donors (Lipinski definition) is 1. The largest absolute Gasteiger partial charge is 0.370 e. The minimum Gasteiger partial charge on any atom is -0.370 e. The number of nitrogens with one attached hydrogen (secondary N) is 1. The second-order valence-electron chi connectivity index (χ2n) is 5.02. The van der Waals surface area contributed by atoms with E-state index in [0.717, 1.165) is 11.1 Å². The van der Waals surface area contributed by atoms with Crippen molar-refractivity contribution in [3.8, 4) is 6.07 Å². The summed E-state index contributed by atoms with van der Waals surface area (Å²) >= 11 is 5.42. The average molecular weight is 260 g/mol. The van der Waals surface area contributed by atoms with Gasteiger partial charge in [-0.2, -0.15) is 5.26 Å². The number of aromatic amines is 1. The van der Waals surface area contributed by atoms with Gasteiger partial charge in [-0.3, -0.25) is 5.10 Å². The van der Waals surface area contributed by atoms with Crippen LogP contribution in [0, 0.1) is 16.0 Å². The Morgan fingerprint density at radius 1 is 1.56 bits per heavy atom. The Labute approximate surface area is 109 Å². The van der Waals surface area contributed by atoms with E-state index in [1.807, 2.05) is 13.8 Å². The molecule has 1 aliphatic rings. The summed E-state index contributed by atoms with van der Waals surface area (Å²) in [6, 6.07) is 2.24. The van der Waals surface area contributed by atoms with Crippen molar-refractivity contribution in [1.29, 1.82) is 5.26 Å². The van der Waals surface area contributed by atoms with Gasteiger partial charge in [-0.1, -0.05) is 12.2 Å². The Hall–Kier alpha value is -1.71. The molecule has 0 radical (unpaired) electrons. The fourth-order valence-electron chi connectivity index (χ4n) is 2.35. The van der Waals surface area contributed by atoms with E-state index in [1.165, 1.54) is 0 Å². The zero-order valence-corrected chi connectivity index (χ0v) is 11.0. The molecular weight excluding hydrogens is 248 g/mol. The Balaban J connectivity index is 2.42. The summed E-state index contributed by atoms with van der Waals surface area (Å²) in [6.45, 7) is 4.47. The van der Waals surface area contributed by atoms with Crippen LogP contribution in [0.4, 0.5) is 0 Å². The predicted molar refractivity (Wildman–Crippen MR) is 67.7 cm³/mol. The third-order valence-corrected chi connectivity index (χ3v) is 3.69. The summed E-state index contributed by atoms with van der Waals surface area (Å²) in [4.78, 5) is 4.18. The molecule has 1 aliphatic heterocycles. The quantitative estimate of drug-likeness (QED) is 0.737. The fraction of sp³-hybridized carbons (Fsp3) is 0.417. The number of aromatic nitrogens is 3. The molecule has 0 bridgehead atoms. The van der Waals surface area contributed by atoms with Gasteiger partial charge in [0.2, 0.25) is 0 Å². The molecule has 0 spiro atoms. The van der Waals surface area contributed by atoms with Crippen molar-refractivity contribution < 1.29 is 4.74 Å². The molecule has 3 heterocycles. The van der Waals surface area contributed by atoms with E-state index in [-0.39, 0.29) is 5.60 Å². The standard InChI is InChI=1S/C12H12N4OS/c1-12(2)3-7-8(4-13)10-14-6-15-16(10)11(18)9(7)5-17-12/h6H,3,5H2,1-2H3,(H,14,15). The Morgan fingerprint density at radius 2 is 2.33 bits per heavy atom. The highest BCUT2D eigenvalue weighted by molar-refractivity contribution is 7.71. The van der Waals surface area contributed by atoms with Crippen molar-refractivity contribution >= 4 is 17.9 Å². The normalized spacial score (nSPS) is 17.4. The molecule has 0 aromatic carbocycles. The maximum absolute atomic E-state index is 9.38. The maximum atomic E-state index is 9.38. The van der Waals surface area contributed by atoms with Gasteiger partial charge in [0.15, 0.2) is 5.65 Å². The topological polar surface area (TPSA) is 66.1 Å². The smallest absolute Gasteiger partial charge is 0.172 e. The van der Waals surface area contributed by atoms with Gasteiger partial charge in [-0.25, -0.2) is 9.50 Å². The van der Waals surface area contributed by atoms with Gasteiger partial charge >= 0.3 is 0 Å². The molecular formula is C12H12N4OS. The first-order chi connectivity index (χ1) is 8.53. The molecule has 0 unspecified atom stereocenters. The molecule has 0 fully saturated rings. The highest BCUT2D eigenvalue weighted by atomic mass is 32.1. The maximum Gasteiger partial charge on any atom is 0.172 e. The van der Waals surface area contributed by atoms with Crippen molar-refractivity contribution in [2.45, 2.75) is 32.5 Å². The number of hydrogen-bond acceptors (Lipinski definition) is 4. The molecule has 18 heavy (non-hydrogen) atoms. The van der Waals surface area contributed by atoms with Gasteiger partial charge in [0.1, 0.15) is 22.6 Å². The molecule has 0 aliphatic carbocycles. The molecule has 2 aromatic rings. The van der Waals surface area contributed by atoms with Crippen LogP contribution < -0.4 is 0 Å². The minimum absolute atomic E-state index is 0.269. The Kier molecular flexibility index (Phi) is 2.30. The zero-order chi connectivity index (χ0) is 12.9. The van der Waals surface area contributed by atoms with Gasteiger partial charge in [-0.15, -0.1) is 0 Å². The molecule has 3 rings (SSSR count). The lowest BCUT2D eigenvalue weighted by molar-refractivity contribution is -0.0405. The number of H-pyrrole nitrogens is 1. The third-order valence-electron chi connectivity index (χ3n) is 3.26. The number of fused-ring (bicyclic) bond motifs is 2. The lowest BCUT2D eigenvalue weighted by atomic mass is 9.90. The van der Waals surface area contributed by atoms with Crippen LogP contribution in [0.5, 0.6) is 0 Å². The van der Waals surface area contributed by atoms with Crippen LogP contribution in [0.3, 0.4) is 0 Å². The molecule has 6 heteroatoms. The van der Waals surface area contributed by atoms with Crippen LogP contribution in [-0.2, 0) is 17.8 Å². The highest BCUT2D eigenvalue weighted by Gasteiger charge is 2.30. The van der Waals surface area contributed by atoms with Crippen LogP contribution in [0.25, 0.3) is 5.65 Å². The summed E-state index contributed by atoms with van der Waals surface area (Å²) in [5.74, 6) is 0. The van der Waals surface area contributed by atoms with Gasteiger partial charge in [-0.05, 0) is 19.4 Å². The summed E-state index contributed by atoms with van der Waals surface area (Å²) in [5, 5.41) is 12.3. The Morgan fingerprint density at radius 3 is 3.06 bits per heavy atom. The van der Waals surface area contributed by atoms with E-state index in [2.05, 4.69) is 16.2 Å². The van der Waals surface area contributed by atoms with Crippen LogP contribution in [-0.4, -0.2) is 20.2 Å².